The number of carbonyl (C=O) groups is 1. The van der Waals surface area contributed by atoms with Crippen LogP contribution in [0.4, 0.5) is 4.39 Å². The van der Waals surface area contributed by atoms with Crippen LogP contribution in [0.3, 0.4) is 0 Å². The van der Waals surface area contributed by atoms with E-state index in [-0.39, 0.29) is 12.4 Å². The molecule has 0 radical (unpaired) electrons. The number of halogens is 2. The fourth-order valence-electron chi connectivity index (χ4n) is 0.987. The van der Waals surface area contributed by atoms with E-state index in [0.717, 1.165) is 0 Å². The van der Waals surface area contributed by atoms with Crippen LogP contribution in [-0.2, 0) is 16.1 Å². The average molecular weight is 277 g/mol. The van der Waals surface area contributed by atoms with Gasteiger partial charge in [-0.1, -0.05) is 15.9 Å². The third kappa shape index (κ3) is 3.97. The molecule has 0 heterocycles. The van der Waals surface area contributed by atoms with Gasteiger partial charge in [0.1, 0.15) is 5.82 Å². The molecule has 0 fully saturated rings. The predicted molar refractivity (Wildman–Crippen MR) is 56.0 cm³/mol. The standard InChI is InChI=1S/C10H10BrFO3/c1-6(10(13)14)15-5-7-2-8(11)4-9(12)3-7/h2-4,6H,5H2,1H3,(H,13,14)/t6-/m0/s1. The fourth-order valence-corrected chi connectivity index (χ4v) is 1.50. The Morgan fingerprint density at radius 2 is 2.27 bits per heavy atom. The van der Waals surface area contributed by atoms with Gasteiger partial charge in [-0.25, -0.2) is 9.18 Å². The van der Waals surface area contributed by atoms with Crippen molar-refractivity contribution in [3.8, 4) is 0 Å². The van der Waals surface area contributed by atoms with Crippen molar-refractivity contribution in [1.82, 2.24) is 0 Å². The zero-order valence-corrected chi connectivity index (χ0v) is 9.62. The molecule has 0 saturated heterocycles. The van der Waals surface area contributed by atoms with Crippen molar-refractivity contribution < 1.29 is 19.0 Å². The fraction of sp³-hybridized carbons (Fsp3) is 0.300. The first-order chi connectivity index (χ1) is 6.99. The highest BCUT2D eigenvalue weighted by molar-refractivity contribution is 9.10. The van der Waals surface area contributed by atoms with E-state index in [1.807, 2.05) is 0 Å². The summed E-state index contributed by atoms with van der Waals surface area (Å²) in [6, 6.07) is 4.31. The van der Waals surface area contributed by atoms with E-state index in [1.165, 1.54) is 19.1 Å². The summed E-state index contributed by atoms with van der Waals surface area (Å²) in [7, 11) is 0. The maximum absolute atomic E-state index is 12.9. The van der Waals surface area contributed by atoms with Gasteiger partial charge in [0, 0.05) is 4.47 Å². The quantitative estimate of drug-likeness (QED) is 0.920. The summed E-state index contributed by atoms with van der Waals surface area (Å²) in [6.45, 7) is 1.50. The minimum atomic E-state index is -1.04. The van der Waals surface area contributed by atoms with Gasteiger partial charge in [-0.3, -0.25) is 0 Å². The van der Waals surface area contributed by atoms with E-state index < -0.39 is 12.1 Å². The molecule has 82 valence electrons. The average Bonchev–Trinajstić information content (AvgIpc) is 2.12. The van der Waals surface area contributed by atoms with Gasteiger partial charge < -0.3 is 9.84 Å². The molecular formula is C10H10BrFO3. The lowest BCUT2D eigenvalue weighted by Gasteiger charge is -2.08. The third-order valence-electron chi connectivity index (χ3n) is 1.77. The second-order valence-electron chi connectivity index (χ2n) is 3.07. The predicted octanol–water partition coefficient (Wildman–Crippen LogP) is 2.58. The Hall–Kier alpha value is -0.940. The largest absolute Gasteiger partial charge is 0.479 e. The van der Waals surface area contributed by atoms with E-state index in [1.54, 1.807) is 6.07 Å². The van der Waals surface area contributed by atoms with E-state index in [9.17, 15) is 9.18 Å². The summed E-state index contributed by atoms with van der Waals surface area (Å²) in [6.07, 6.45) is -0.896. The second-order valence-corrected chi connectivity index (χ2v) is 3.98. The maximum atomic E-state index is 12.9. The Balaban J connectivity index is 2.61. The molecule has 1 aromatic carbocycles. The summed E-state index contributed by atoms with van der Waals surface area (Å²) >= 11 is 3.14. The normalized spacial score (nSPS) is 12.5. The topological polar surface area (TPSA) is 46.5 Å². The van der Waals surface area contributed by atoms with Crippen LogP contribution in [0.15, 0.2) is 22.7 Å². The Morgan fingerprint density at radius 3 is 2.80 bits per heavy atom. The van der Waals surface area contributed by atoms with Crippen molar-refractivity contribution in [2.24, 2.45) is 0 Å². The van der Waals surface area contributed by atoms with Crippen molar-refractivity contribution in [1.29, 1.82) is 0 Å². The summed E-state index contributed by atoms with van der Waals surface area (Å²) < 4.78 is 18.5. The molecule has 0 spiro atoms. The van der Waals surface area contributed by atoms with Gasteiger partial charge in [-0.15, -0.1) is 0 Å². The highest BCUT2D eigenvalue weighted by Crippen LogP contribution is 2.15. The lowest BCUT2D eigenvalue weighted by Crippen LogP contribution is -2.19. The Bertz CT molecular complexity index is 347. The van der Waals surface area contributed by atoms with Crippen molar-refractivity contribution in [3.05, 3.63) is 34.1 Å². The zero-order valence-electron chi connectivity index (χ0n) is 8.04. The van der Waals surface area contributed by atoms with Crippen molar-refractivity contribution in [2.75, 3.05) is 0 Å². The van der Waals surface area contributed by atoms with Crippen LogP contribution >= 0.6 is 15.9 Å². The SMILES string of the molecule is C[C@H](OCc1cc(F)cc(Br)c1)C(=O)O. The molecule has 1 atom stereocenters. The number of carboxylic acids is 1. The highest BCUT2D eigenvalue weighted by atomic mass is 79.9. The maximum Gasteiger partial charge on any atom is 0.332 e. The molecule has 0 unspecified atom stereocenters. The Kier molecular flexibility index (Phi) is 4.23. The van der Waals surface area contributed by atoms with Gasteiger partial charge in [0.15, 0.2) is 6.10 Å². The van der Waals surface area contributed by atoms with Crippen LogP contribution in [-0.4, -0.2) is 17.2 Å². The molecule has 0 amide bonds. The van der Waals surface area contributed by atoms with E-state index in [2.05, 4.69) is 15.9 Å². The van der Waals surface area contributed by atoms with Gasteiger partial charge in [0.2, 0.25) is 0 Å². The molecule has 1 rings (SSSR count). The van der Waals surface area contributed by atoms with Crippen LogP contribution in [0.5, 0.6) is 0 Å². The lowest BCUT2D eigenvalue weighted by molar-refractivity contribution is -0.149. The van der Waals surface area contributed by atoms with Crippen LogP contribution < -0.4 is 0 Å². The molecule has 3 nitrogen and oxygen atoms in total. The van der Waals surface area contributed by atoms with Crippen LogP contribution in [0.25, 0.3) is 0 Å². The first kappa shape index (κ1) is 12.1. The number of hydrogen-bond acceptors (Lipinski definition) is 2. The molecule has 0 aliphatic carbocycles. The first-order valence-corrected chi connectivity index (χ1v) is 5.07. The lowest BCUT2D eigenvalue weighted by atomic mass is 10.2. The van der Waals surface area contributed by atoms with Crippen LogP contribution in [0.2, 0.25) is 0 Å². The number of carboxylic acid groups (broad SMARTS) is 1. The van der Waals surface area contributed by atoms with Crippen LogP contribution in [0, 0.1) is 5.82 Å². The number of rotatable bonds is 4. The van der Waals surface area contributed by atoms with Crippen molar-refractivity contribution >= 4 is 21.9 Å². The van der Waals surface area contributed by atoms with Gasteiger partial charge in [0.25, 0.3) is 0 Å². The molecule has 0 aliphatic heterocycles. The Morgan fingerprint density at radius 1 is 1.60 bits per heavy atom. The summed E-state index contributed by atoms with van der Waals surface area (Å²) in [4.78, 5) is 10.4. The molecule has 15 heavy (non-hydrogen) atoms. The van der Waals surface area contributed by atoms with Gasteiger partial charge in [0.05, 0.1) is 6.61 Å². The number of benzene rings is 1. The molecule has 0 bridgehead atoms. The van der Waals surface area contributed by atoms with Gasteiger partial charge in [-0.05, 0) is 30.7 Å². The smallest absolute Gasteiger partial charge is 0.332 e. The Labute approximate surface area is 95.0 Å². The molecule has 5 heteroatoms. The second kappa shape index (κ2) is 5.23. The van der Waals surface area contributed by atoms with E-state index in [4.69, 9.17) is 9.84 Å². The summed E-state index contributed by atoms with van der Waals surface area (Å²) in [5.41, 5.74) is 0.593. The number of aliphatic carboxylic acids is 1. The summed E-state index contributed by atoms with van der Waals surface area (Å²) in [5.74, 6) is -1.42. The monoisotopic (exact) mass is 276 g/mol. The van der Waals surface area contributed by atoms with Gasteiger partial charge >= 0.3 is 5.97 Å². The molecule has 0 saturated carbocycles. The third-order valence-corrected chi connectivity index (χ3v) is 2.23. The zero-order chi connectivity index (χ0) is 11.4. The first-order valence-electron chi connectivity index (χ1n) is 4.28. The molecular weight excluding hydrogens is 267 g/mol. The molecule has 0 aromatic heterocycles. The van der Waals surface area contributed by atoms with Gasteiger partial charge in [-0.2, -0.15) is 0 Å². The number of ether oxygens (including phenoxy) is 1. The van der Waals surface area contributed by atoms with Crippen molar-refractivity contribution in [3.63, 3.8) is 0 Å². The van der Waals surface area contributed by atoms with E-state index >= 15 is 0 Å². The number of hydrogen-bond donors (Lipinski definition) is 1. The van der Waals surface area contributed by atoms with Crippen LogP contribution in [0.1, 0.15) is 12.5 Å². The minimum Gasteiger partial charge on any atom is -0.479 e. The molecule has 0 aliphatic rings. The van der Waals surface area contributed by atoms with Crippen molar-refractivity contribution in [2.45, 2.75) is 19.6 Å². The molecule has 1 N–H and O–H groups in total. The molecule has 1 aromatic rings. The highest BCUT2D eigenvalue weighted by Gasteiger charge is 2.11. The summed E-state index contributed by atoms with van der Waals surface area (Å²) in [5, 5.41) is 8.56. The minimum absolute atomic E-state index is 0.0732. The van der Waals surface area contributed by atoms with E-state index in [0.29, 0.717) is 10.0 Å².